The number of amides is 2. The maximum Gasteiger partial charge on any atom is 0.296 e. The molecule has 23 heavy (non-hydrogen) atoms. The predicted molar refractivity (Wildman–Crippen MR) is 82.3 cm³/mol. The number of benzene rings is 1. The van der Waals surface area contributed by atoms with Gasteiger partial charge < -0.3 is 19.3 Å². The number of aliphatic hydroxyl groups excluding tert-OH is 1. The highest BCUT2D eigenvalue weighted by Crippen LogP contribution is 2.34. The van der Waals surface area contributed by atoms with Crippen molar-refractivity contribution in [3.63, 3.8) is 0 Å². The molecule has 1 N–H and O–H groups in total. The molecular formula is C16H19NO6. The molecule has 1 aliphatic rings. The minimum Gasteiger partial charge on any atom is -0.502 e. The summed E-state index contributed by atoms with van der Waals surface area (Å²) in [7, 11) is 4.50. The average molecular weight is 321 g/mol. The number of methoxy groups -OCH3 is 3. The fraction of sp³-hybridized carbons (Fsp3) is 0.375. The third kappa shape index (κ3) is 3.14. The molecule has 1 aromatic carbocycles. The molecule has 0 aliphatic carbocycles. The number of carbonyl (C=O) groups is 2. The van der Waals surface area contributed by atoms with Gasteiger partial charge in [0.1, 0.15) is 0 Å². The summed E-state index contributed by atoms with van der Waals surface area (Å²) in [4.78, 5) is 25.5. The van der Waals surface area contributed by atoms with Crippen LogP contribution in [0.2, 0.25) is 0 Å². The normalized spacial score (nSPS) is 14.7. The Bertz CT molecular complexity index is 652. The zero-order valence-electron chi connectivity index (χ0n) is 13.3. The molecule has 0 aromatic heterocycles. The first-order valence-corrected chi connectivity index (χ1v) is 7.05. The standard InChI is InChI=1S/C16H19NO6/c1-21-8-4-7-17-15(19)13(14(18)16(17)20)10-5-6-11(22-2)12(9-10)23-3/h5-6,9,18H,4,7-8H2,1-3H3. The summed E-state index contributed by atoms with van der Waals surface area (Å²) >= 11 is 0. The SMILES string of the molecule is COCCCN1C(=O)C(O)=C(c2ccc(OC)c(OC)c2)C1=O. The van der Waals surface area contributed by atoms with Crippen LogP contribution in [0.5, 0.6) is 11.5 Å². The number of aliphatic hydroxyl groups is 1. The van der Waals surface area contributed by atoms with Gasteiger partial charge in [-0.25, -0.2) is 0 Å². The molecule has 2 rings (SSSR count). The first-order chi connectivity index (χ1) is 11.0. The molecule has 0 unspecified atom stereocenters. The van der Waals surface area contributed by atoms with Crippen LogP contribution in [0.25, 0.3) is 5.57 Å². The van der Waals surface area contributed by atoms with Crippen LogP contribution < -0.4 is 9.47 Å². The Morgan fingerprint density at radius 2 is 1.74 bits per heavy atom. The zero-order chi connectivity index (χ0) is 17.0. The lowest BCUT2D eigenvalue weighted by Gasteiger charge is -2.14. The van der Waals surface area contributed by atoms with E-state index in [1.54, 1.807) is 25.3 Å². The van der Waals surface area contributed by atoms with Gasteiger partial charge in [0.25, 0.3) is 11.8 Å². The summed E-state index contributed by atoms with van der Waals surface area (Å²) < 4.78 is 15.2. The van der Waals surface area contributed by atoms with Crippen molar-refractivity contribution < 1.29 is 28.9 Å². The number of imide groups is 1. The van der Waals surface area contributed by atoms with E-state index in [0.29, 0.717) is 30.1 Å². The van der Waals surface area contributed by atoms with E-state index in [-0.39, 0.29) is 12.1 Å². The van der Waals surface area contributed by atoms with E-state index in [1.807, 2.05) is 0 Å². The number of nitrogens with zero attached hydrogens (tertiary/aromatic N) is 1. The van der Waals surface area contributed by atoms with Crippen molar-refractivity contribution >= 4 is 17.4 Å². The van der Waals surface area contributed by atoms with Crippen molar-refractivity contribution in [2.45, 2.75) is 6.42 Å². The van der Waals surface area contributed by atoms with Crippen LogP contribution in [0.4, 0.5) is 0 Å². The lowest BCUT2D eigenvalue weighted by molar-refractivity contribution is -0.138. The minimum absolute atomic E-state index is 0.0339. The Labute approximate surface area is 134 Å². The molecule has 0 saturated heterocycles. The van der Waals surface area contributed by atoms with Gasteiger partial charge in [0.05, 0.1) is 19.8 Å². The third-order valence-electron chi connectivity index (χ3n) is 3.55. The Morgan fingerprint density at radius 3 is 2.35 bits per heavy atom. The number of rotatable bonds is 7. The monoisotopic (exact) mass is 321 g/mol. The second-order valence-corrected chi connectivity index (χ2v) is 4.90. The van der Waals surface area contributed by atoms with Gasteiger partial charge in [-0.05, 0) is 24.1 Å². The molecule has 1 aromatic rings. The fourth-order valence-electron chi connectivity index (χ4n) is 2.39. The minimum atomic E-state index is -0.698. The van der Waals surface area contributed by atoms with Gasteiger partial charge in [-0.3, -0.25) is 14.5 Å². The van der Waals surface area contributed by atoms with Gasteiger partial charge in [-0.2, -0.15) is 0 Å². The van der Waals surface area contributed by atoms with Gasteiger partial charge in [0.15, 0.2) is 17.3 Å². The molecule has 0 saturated carbocycles. The Hall–Kier alpha value is -2.54. The third-order valence-corrected chi connectivity index (χ3v) is 3.55. The first kappa shape index (κ1) is 16.8. The molecule has 0 spiro atoms. The predicted octanol–water partition coefficient (Wildman–Crippen LogP) is 1.38. The van der Waals surface area contributed by atoms with Crippen LogP contribution in [-0.2, 0) is 14.3 Å². The van der Waals surface area contributed by atoms with Crippen LogP contribution in [0.15, 0.2) is 24.0 Å². The van der Waals surface area contributed by atoms with Crippen molar-refractivity contribution in [1.29, 1.82) is 0 Å². The molecule has 7 heteroatoms. The van der Waals surface area contributed by atoms with E-state index in [9.17, 15) is 14.7 Å². The van der Waals surface area contributed by atoms with Gasteiger partial charge in [0, 0.05) is 20.3 Å². The lowest BCUT2D eigenvalue weighted by Crippen LogP contribution is -2.33. The average Bonchev–Trinajstić information content (AvgIpc) is 2.77. The highest BCUT2D eigenvalue weighted by molar-refractivity contribution is 6.34. The number of hydrogen-bond acceptors (Lipinski definition) is 6. The number of carbonyl (C=O) groups excluding carboxylic acids is 2. The molecule has 0 fully saturated rings. The van der Waals surface area contributed by atoms with E-state index in [4.69, 9.17) is 14.2 Å². The van der Waals surface area contributed by atoms with Crippen LogP contribution >= 0.6 is 0 Å². The zero-order valence-corrected chi connectivity index (χ0v) is 13.3. The summed E-state index contributed by atoms with van der Waals surface area (Å²) in [6.45, 7) is 0.607. The van der Waals surface area contributed by atoms with Gasteiger partial charge in [-0.1, -0.05) is 6.07 Å². The molecule has 1 aliphatic heterocycles. The largest absolute Gasteiger partial charge is 0.502 e. The van der Waals surface area contributed by atoms with Gasteiger partial charge >= 0.3 is 0 Å². The van der Waals surface area contributed by atoms with Crippen molar-refractivity contribution in [3.05, 3.63) is 29.5 Å². The molecular weight excluding hydrogens is 302 g/mol. The quantitative estimate of drug-likeness (QED) is 0.603. The summed E-state index contributed by atoms with van der Waals surface area (Å²) in [5.74, 6) is -0.889. The van der Waals surface area contributed by atoms with Crippen molar-refractivity contribution in [2.75, 3.05) is 34.5 Å². The van der Waals surface area contributed by atoms with Crippen molar-refractivity contribution in [2.24, 2.45) is 0 Å². The highest BCUT2D eigenvalue weighted by Gasteiger charge is 2.39. The lowest BCUT2D eigenvalue weighted by atomic mass is 10.0. The van der Waals surface area contributed by atoms with E-state index in [2.05, 4.69) is 0 Å². The maximum absolute atomic E-state index is 12.4. The summed E-state index contributed by atoms with van der Waals surface area (Å²) in [5, 5.41) is 10.1. The summed E-state index contributed by atoms with van der Waals surface area (Å²) in [5.41, 5.74) is 0.362. The summed E-state index contributed by atoms with van der Waals surface area (Å²) in [6.07, 6.45) is 0.500. The van der Waals surface area contributed by atoms with E-state index in [0.717, 1.165) is 4.90 Å². The Kier molecular flexibility index (Phi) is 5.23. The second-order valence-electron chi connectivity index (χ2n) is 4.90. The molecule has 0 radical (unpaired) electrons. The smallest absolute Gasteiger partial charge is 0.296 e. The van der Waals surface area contributed by atoms with Crippen LogP contribution in [-0.4, -0.2) is 56.3 Å². The Morgan fingerprint density at radius 1 is 1.04 bits per heavy atom. The fourth-order valence-corrected chi connectivity index (χ4v) is 2.39. The molecule has 0 atom stereocenters. The van der Waals surface area contributed by atoms with E-state index >= 15 is 0 Å². The molecule has 1 heterocycles. The van der Waals surface area contributed by atoms with Crippen LogP contribution in [0.1, 0.15) is 12.0 Å². The van der Waals surface area contributed by atoms with Gasteiger partial charge in [-0.15, -0.1) is 0 Å². The van der Waals surface area contributed by atoms with Crippen LogP contribution in [0.3, 0.4) is 0 Å². The molecule has 7 nitrogen and oxygen atoms in total. The topological polar surface area (TPSA) is 85.3 Å². The van der Waals surface area contributed by atoms with Crippen LogP contribution in [0, 0.1) is 0 Å². The van der Waals surface area contributed by atoms with Gasteiger partial charge in [0.2, 0.25) is 0 Å². The molecule has 2 amide bonds. The first-order valence-electron chi connectivity index (χ1n) is 7.05. The van der Waals surface area contributed by atoms with E-state index in [1.165, 1.54) is 14.2 Å². The maximum atomic E-state index is 12.4. The molecule has 124 valence electrons. The number of ether oxygens (including phenoxy) is 3. The molecule has 0 bridgehead atoms. The summed E-state index contributed by atoms with van der Waals surface area (Å²) in [6, 6.07) is 4.75. The Balaban J connectivity index is 2.32. The van der Waals surface area contributed by atoms with E-state index < -0.39 is 17.6 Å². The second kappa shape index (κ2) is 7.15. The van der Waals surface area contributed by atoms with Crippen molar-refractivity contribution in [3.8, 4) is 11.5 Å². The van der Waals surface area contributed by atoms with Crippen molar-refractivity contribution in [1.82, 2.24) is 4.90 Å². The highest BCUT2D eigenvalue weighted by atomic mass is 16.5. The number of hydrogen-bond donors (Lipinski definition) is 1.